The summed E-state index contributed by atoms with van der Waals surface area (Å²) in [5, 5.41) is 14.6. The Morgan fingerprint density at radius 2 is 1.80 bits per heavy atom. The van der Waals surface area contributed by atoms with Crippen LogP contribution in [0.25, 0.3) is 0 Å². The fraction of sp³-hybridized carbons (Fsp3) is 0.385. The van der Waals surface area contributed by atoms with Gasteiger partial charge in [0.2, 0.25) is 5.91 Å². The van der Waals surface area contributed by atoms with Crippen LogP contribution in [-0.4, -0.2) is 44.3 Å². The fourth-order valence-electron chi connectivity index (χ4n) is 1.59. The molecule has 1 rings (SSSR count). The van der Waals surface area contributed by atoms with Crippen LogP contribution in [0.2, 0.25) is 0 Å². The zero-order valence-corrected chi connectivity index (χ0v) is 11.6. The van der Waals surface area contributed by atoms with E-state index < -0.39 is 5.97 Å². The highest BCUT2D eigenvalue weighted by molar-refractivity contribution is 6.02. The van der Waals surface area contributed by atoms with E-state index >= 15 is 0 Å². The molecule has 0 aliphatic carbocycles. The Bertz CT molecular complexity index is 502. The number of nitrogens with one attached hydrogen (secondary N) is 2. The van der Waals surface area contributed by atoms with Crippen LogP contribution >= 0.6 is 0 Å². The largest absolute Gasteiger partial charge is 0.493 e. The Hall–Kier alpha value is -2.28. The lowest BCUT2D eigenvalue weighted by molar-refractivity contribution is -0.115. The summed E-state index contributed by atoms with van der Waals surface area (Å²) in [5.74, 6) is -0.864. The van der Waals surface area contributed by atoms with Crippen LogP contribution in [0.5, 0.6) is 11.5 Å². The molecule has 0 unspecified atom stereocenters. The number of rotatable bonds is 7. The highest BCUT2D eigenvalue weighted by Crippen LogP contribution is 2.33. The van der Waals surface area contributed by atoms with E-state index in [-0.39, 0.29) is 29.5 Å². The average Bonchev–Trinajstić information content (AvgIpc) is 2.44. The molecule has 0 aliphatic rings. The SMILES string of the molecule is CCNCC(=O)Nc1cc(OC)c(OC)cc1C(=O)O. The molecule has 0 aliphatic heterocycles. The van der Waals surface area contributed by atoms with Gasteiger partial charge in [-0.2, -0.15) is 0 Å². The lowest BCUT2D eigenvalue weighted by Gasteiger charge is -2.13. The zero-order chi connectivity index (χ0) is 15.1. The van der Waals surface area contributed by atoms with Crippen molar-refractivity contribution in [3.8, 4) is 11.5 Å². The van der Waals surface area contributed by atoms with Crippen molar-refractivity contribution in [2.24, 2.45) is 0 Å². The molecule has 0 heterocycles. The molecule has 0 aromatic heterocycles. The fourth-order valence-corrected chi connectivity index (χ4v) is 1.59. The third-order valence-electron chi connectivity index (χ3n) is 2.56. The number of anilines is 1. The lowest BCUT2D eigenvalue weighted by Crippen LogP contribution is -2.28. The number of carbonyl (C=O) groups excluding carboxylic acids is 1. The zero-order valence-electron chi connectivity index (χ0n) is 11.6. The van der Waals surface area contributed by atoms with Gasteiger partial charge in [-0.05, 0) is 6.54 Å². The standard InChI is InChI=1S/C13H18N2O5/c1-4-14-7-12(16)15-9-6-11(20-3)10(19-2)5-8(9)13(17)18/h5-6,14H,4,7H2,1-3H3,(H,15,16)(H,17,18). The second kappa shape index (κ2) is 7.34. The van der Waals surface area contributed by atoms with E-state index in [1.165, 1.54) is 26.4 Å². The van der Waals surface area contributed by atoms with E-state index in [0.717, 1.165) is 0 Å². The van der Waals surface area contributed by atoms with Gasteiger partial charge in [0.05, 0.1) is 32.0 Å². The minimum atomic E-state index is -1.16. The number of hydrogen-bond donors (Lipinski definition) is 3. The molecule has 0 atom stereocenters. The van der Waals surface area contributed by atoms with Gasteiger partial charge < -0.3 is 25.2 Å². The van der Waals surface area contributed by atoms with Gasteiger partial charge in [-0.1, -0.05) is 6.92 Å². The van der Waals surface area contributed by atoms with Crippen molar-refractivity contribution in [2.75, 3.05) is 32.6 Å². The minimum Gasteiger partial charge on any atom is -0.493 e. The number of methoxy groups -OCH3 is 2. The van der Waals surface area contributed by atoms with Crippen molar-refractivity contribution in [1.82, 2.24) is 5.32 Å². The van der Waals surface area contributed by atoms with E-state index in [1.807, 2.05) is 6.92 Å². The van der Waals surface area contributed by atoms with Crippen molar-refractivity contribution in [3.05, 3.63) is 17.7 Å². The molecule has 0 radical (unpaired) electrons. The minimum absolute atomic E-state index is 0.0625. The summed E-state index contributed by atoms with van der Waals surface area (Å²) in [6, 6.07) is 2.73. The van der Waals surface area contributed by atoms with Crippen molar-refractivity contribution in [3.63, 3.8) is 0 Å². The summed E-state index contributed by atoms with van der Waals surface area (Å²) in [6.07, 6.45) is 0. The summed E-state index contributed by atoms with van der Waals surface area (Å²) in [7, 11) is 2.84. The molecule has 7 heteroatoms. The summed E-state index contributed by atoms with van der Waals surface area (Å²) < 4.78 is 10.1. The second-order valence-corrected chi connectivity index (χ2v) is 3.89. The Morgan fingerprint density at radius 1 is 1.20 bits per heavy atom. The first-order chi connectivity index (χ1) is 9.53. The molecule has 20 heavy (non-hydrogen) atoms. The molecule has 7 nitrogen and oxygen atoms in total. The number of carboxylic acids is 1. The topological polar surface area (TPSA) is 96.9 Å². The van der Waals surface area contributed by atoms with Crippen LogP contribution < -0.4 is 20.1 Å². The number of hydrogen-bond acceptors (Lipinski definition) is 5. The molecule has 0 saturated heterocycles. The van der Waals surface area contributed by atoms with Crippen LogP contribution in [0.3, 0.4) is 0 Å². The molecule has 1 amide bonds. The summed E-state index contributed by atoms with van der Waals surface area (Å²) in [6.45, 7) is 2.61. The van der Waals surface area contributed by atoms with Gasteiger partial charge >= 0.3 is 5.97 Å². The lowest BCUT2D eigenvalue weighted by atomic mass is 10.1. The smallest absolute Gasteiger partial charge is 0.337 e. The monoisotopic (exact) mass is 282 g/mol. The molecule has 110 valence electrons. The highest BCUT2D eigenvalue weighted by Gasteiger charge is 2.17. The maximum atomic E-state index is 11.7. The average molecular weight is 282 g/mol. The van der Waals surface area contributed by atoms with E-state index in [1.54, 1.807) is 0 Å². The maximum absolute atomic E-state index is 11.7. The van der Waals surface area contributed by atoms with Crippen molar-refractivity contribution in [2.45, 2.75) is 6.92 Å². The predicted octanol–water partition coefficient (Wildman–Crippen LogP) is 0.950. The number of carboxylic acid groups (broad SMARTS) is 1. The van der Waals surface area contributed by atoms with Gasteiger partial charge in [-0.15, -0.1) is 0 Å². The molecule has 1 aromatic rings. The van der Waals surface area contributed by atoms with Crippen molar-refractivity contribution >= 4 is 17.6 Å². The molecule has 0 spiro atoms. The van der Waals surface area contributed by atoms with Gasteiger partial charge in [-0.3, -0.25) is 4.79 Å². The van der Waals surface area contributed by atoms with E-state index in [4.69, 9.17) is 9.47 Å². The van der Waals surface area contributed by atoms with Gasteiger partial charge in [0, 0.05) is 12.1 Å². The van der Waals surface area contributed by atoms with Crippen LogP contribution in [-0.2, 0) is 4.79 Å². The maximum Gasteiger partial charge on any atom is 0.337 e. The Balaban J connectivity index is 3.09. The summed E-state index contributed by atoms with van der Waals surface area (Å²) >= 11 is 0. The molecule has 0 fully saturated rings. The van der Waals surface area contributed by atoms with E-state index in [0.29, 0.717) is 12.3 Å². The number of benzene rings is 1. The molecule has 3 N–H and O–H groups in total. The van der Waals surface area contributed by atoms with Crippen molar-refractivity contribution in [1.29, 1.82) is 0 Å². The quantitative estimate of drug-likeness (QED) is 0.689. The Kier molecular flexibility index (Phi) is 5.79. The van der Waals surface area contributed by atoms with Gasteiger partial charge in [-0.25, -0.2) is 4.79 Å². The van der Waals surface area contributed by atoms with Crippen molar-refractivity contribution < 1.29 is 24.2 Å². The summed E-state index contributed by atoms with van der Waals surface area (Å²) in [5.41, 5.74) is 0.102. The molecular weight excluding hydrogens is 264 g/mol. The molecule has 0 bridgehead atoms. The second-order valence-electron chi connectivity index (χ2n) is 3.89. The van der Waals surface area contributed by atoms with Crippen LogP contribution in [0.1, 0.15) is 17.3 Å². The number of carbonyl (C=O) groups is 2. The summed E-state index contributed by atoms with van der Waals surface area (Å²) in [4.78, 5) is 22.9. The van der Waals surface area contributed by atoms with E-state index in [2.05, 4.69) is 10.6 Å². The highest BCUT2D eigenvalue weighted by atomic mass is 16.5. The third-order valence-corrected chi connectivity index (χ3v) is 2.56. The Labute approximate surface area is 116 Å². The molecular formula is C13H18N2O5. The van der Waals surface area contributed by atoms with Gasteiger partial charge in [0.15, 0.2) is 11.5 Å². The first-order valence-electron chi connectivity index (χ1n) is 6.03. The Morgan fingerprint density at radius 3 is 2.30 bits per heavy atom. The molecule has 0 saturated carbocycles. The first-order valence-corrected chi connectivity index (χ1v) is 6.03. The normalized spacial score (nSPS) is 9.95. The molecule has 1 aromatic carbocycles. The predicted molar refractivity (Wildman–Crippen MR) is 73.7 cm³/mol. The number of ether oxygens (including phenoxy) is 2. The number of likely N-dealkylation sites (N-methyl/N-ethyl adjacent to an activating group) is 1. The third kappa shape index (κ3) is 3.86. The van der Waals surface area contributed by atoms with Crippen LogP contribution in [0.15, 0.2) is 12.1 Å². The van der Waals surface area contributed by atoms with Crippen LogP contribution in [0, 0.1) is 0 Å². The first kappa shape index (κ1) is 15.8. The van der Waals surface area contributed by atoms with Crippen LogP contribution in [0.4, 0.5) is 5.69 Å². The van der Waals surface area contributed by atoms with Gasteiger partial charge in [0.25, 0.3) is 0 Å². The van der Waals surface area contributed by atoms with E-state index in [9.17, 15) is 14.7 Å². The number of amides is 1. The number of aromatic carboxylic acids is 1. The van der Waals surface area contributed by atoms with Gasteiger partial charge in [0.1, 0.15) is 0 Å².